The highest BCUT2D eigenvalue weighted by atomic mass is 19.4. The number of aliphatic hydroxyl groups excluding tert-OH is 1. The molecule has 4 heterocycles. The van der Waals surface area contributed by atoms with Gasteiger partial charge in [0.1, 0.15) is 23.5 Å². The molecule has 3 aliphatic rings. The number of pyridine rings is 1. The Morgan fingerprint density at radius 2 is 1.42 bits per heavy atom. The Morgan fingerprint density at radius 1 is 0.835 bits per heavy atom. The number of carbonyl (C=O) groups excluding carboxylic acids is 4. The predicted octanol–water partition coefficient (Wildman–Crippen LogP) is 6.15. The lowest BCUT2D eigenvalue weighted by Gasteiger charge is -2.47. The summed E-state index contributed by atoms with van der Waals surface area (Å²) in [6.07, 6.45) is -11.6. The van der Waals surface area contributed by atoms with E-state index < -0.39 is 132 Å². The summed E-state index contributed by atoms with van der Waals surface area (Å²) in [5.74, 6) is -3.92. The molecule has 79 heavy (non-hydrogen) atoms. The maximum atomic E-state index is 15.9. The first-order valence-corrected chi connectivity index (χ1v) is 25.0. The molecular weight excluding hydrogens is 1060 g/mol. The first-order chi connectivity index (χ1) is 36.9. The van der Waals surface area contributed by atoms with E-state index in [0.717, 1.165) is 66.1 Å². The van der Waals surface area contributed by atoms with Crippen LogP contribution in [0, 0.1) is 51.0 Å². The second kappa shape index (κ2) is 25.0. The third-order valence-electron chi connectivity index (χ3n) is 14.6. The lowest BCUT2D eigenvalue weighted by Crippen LogP contribution is -2.62. The molecule has 6 N–H and O–H groups in total. The number of anilines is 1. The van der Waals surface area contributed by atoms with Gasteiger partial charge in [0.05, 0.1) is 68.8 Å². The van der Waals surface area contributed by atoms with E-state index in [1.807, 2.05) is 17.4 Å². The number of alkyl halides is 6. The fourth-order valence-electron chi connectivity index (χ4n) is 9.49. The Labute approximate surface area is 450 Å². The number of alkyl carbamates (subject to hydrolysis) is 1. The number of rotatable bonds is 19. The summed E-state index contributed by atoms with van der Waals surface area (Å²) in [5, 5.41) is 32.3. The number of methoxy groups -OCH3 is 2. The minimum atomic E-state index is -5.15. The summed E-state index contributed by atoms with van der Waals surface area (Å²) in [4.78, 5) is 62.5. The molecule has 430 valence electrons. The number of piperazine rings is 1. The molecule has 0 aliphatic carbocycles. The smallest absolute Gasteiger partial charge is 0.407 e. The molecule has 2 aromatic carbocycles. The van der Waals surface area contributed by atoms with Crippen LogP contribution in [0.2, 0.25) is 0 Å². The van der Waals surface area contributed by atoms with Crippen LogP contribution >= 0.6 is 0 Å². The quantitative estimate of drug-likeness (QED) is 0.0198. The number of benzene rings is 2. The molecule has 2 unspecified atom stereocenters. The van der Waals surface area contributed by atoms with Gasteiger partial charge in [-0.2, -0.15) is 26.3 Å². The summed E-state index contributed by atoms with van der Waals surface area (Å²) >= 11 is 0. The molecule has 1 aromatic heterocycles. The maximum absolute atomic E-state index is 15.9. The van der Waals surface area contributed by atoms with E-state index in [4.69, 9.17) is 20.3 Å². The van der Waals surface area contributed by atoms with Crippen molar-refractivity contribution in [2.75, 3.05) is 52.0 Å². The van der Waals surface area contributed by atoms with E-state index in [0.29, 0.717) is 79.7 Å². The van der Waals surface area contributed by atoms with Crippen LogP contribution in [0.3, 0.4) is 0 Å². The third kappa shape index (κ3) is 14.8. The highest BCUT2D eigenvalue weighted by Crippen LogP contribution is 2.45. The molecule has 3 aromatic rings. The third-order valence-corrected chi connectivity index (χ3v) is 14.6. The predicted molar refractivity (Wildman–Crippen MR) is 269 cm³/mol. The highest BCUT2D eigenvalue weighted by molar-refractivity contribution is 5.98. The van der Waals surface area contributed by atoms with Crippen LogP contribution < -0.4 is 21.0 Å². The van der Waals surface area contributed by atoms with E-state index in [2.05, 4.69) is 46.8 Å². The van der Waals surface area contributed by atoms with Crippen molar-refractivity contribution in [1.82, 2.24) is 31.0 Å². The van der Waals surface area contributed by atoms with Crippen molar-refractivity contribution in [3.8, 4) is 11.8 Å². The largest absolute Gasteiger partial charge is 0.469 e. The van der Waals surface area contributed by atoms with Gasteiger partial charge in [-0.25, -0.2) is 23.6 Å². The van der Waals surface area contributed by atoms with E-state index >= 15 is 8.78 Å². The molecule has 2 bridgehead atoms. The second-order valence-electron chi connectivity index (χ2n) is 20.8. The number of nitrogens with zero attached hydrogens (tertiary/aromatic N) is 4. The summed E-state index contributed by atoms with van der Waals surface area (Å²) in [7, 11) is 1.69. The summed E-state index contributed by atoms with van der Waals surface area (Å²) in [6.45, 7) is 4.61. The van der Waals surface area contributed by atoms with Gasteiger partial charge in [0.15, 0.2) is 5.90 Å². The van der Waals surface area contributed by atoms with Crippen molar-refractivity contribution in [2.45, 2.75) is 116 Å². The number of esters is 1. The van der Waals surface area contributed by atoms with Gasteiger partial charge in [-0.1, -0.05) is 37.8 Å². The minimum Gasteiger partial charge on any atom is -0.469 e. The molecule has 18 nitrogen and oxygen atoms in total. The van der Waals surface area contributed by atoms with Crippen molar-refractivity contribution >= 4 is 41.5 Å². The summed E-state index contributed by atoms with van der Waals surface area (Å²) in [6, 6.07) is 8.25. The van der Waals surface area contributed by atoms with Gasteiger partial charge in [0.2, 0.25) is 17.7 Å². The van der Waals surface area contributed by atoms with Gasteiger partial charge < -0.3 is 39.6 Å². The summed E-state index contributed by atoms with van der Waals surface area (Å²) < 4.78 is 138. The molecular formula is C53H63F8N9O9. The number of aliphatic hydroxyl groups is 1. The van der Waals surface area contributed by atoms with Crippen LogP contribution in [0.1, 0.15) is 81.7 Å². The molecule has 0 radical (unpaired) electrons. The van der Waals surface area contributed by atoms with E-state index in [-0.39, 0.29) is 0 Å². The number of hydrogen-bond acceptors (Lipinski definition) is 15. The number of carbonyl (C=O) groups is 4. The lowest BCUT2D eigenvalue weighted by molar-refractivity contribution is -0.231. The Kier molecular flexibility index (Phi) is 19.4. The molecule has 0 saturated carbocycles. The van der Waals surface area contributed by atoms with Gasteiger partial charge in [-0.15, -0.1) is 0 Å². The number of fused-ring (bicyclic) bond motifs is 2. The normalized spacial score (nSPS) is 18.5. The molecule has 6 atom stereocenters. The first-order valence-electron chi connectivity index (χ1n) is 25.0. The fourth-order valence-corrected chi connectivity index (χ4v) is 9.49. The van der Waals surface area contributed by atoms with E-state index in [1.54, 1.807) is 18.3 Å². The number of hydrazine groups is 1. The Hall–Kier alpha value is -6.95. The van der Waals surface area contributed by atoms with Crippen LogP contribution in [0.4, 0.5) is 45.7 Å². The number of hydrogen-bond donors (Lipinski definition) is 6. The zero-order valence-electron chi connectivity index (χ0n) is 44.3. The fraction of sp³-hybridized carbons (Fsp3) is 0.528. The van der Waals surface area contributed by atoms with Gasteiger partial charge in [-0.3, -0.25) is 35.5 Å². The SMILES string of the molecule is COC(=O)C[C@H](C(=O)NN(Cc1c(F)cc(C(=N)OC(C)=N)cc1F)C[C@H](O)[C@H](Cc1ccc(C#Cc2ccc(N3CC4CCC(C3)N4C3COC3)nc2)cc1)NC(=O)[C@@H](NC(=O)OC)C(C)(C)C(F)(F)F)C(C)(C)C(F)(F)F. The van der Waals surface area contributed by atoms with Crippen molar-refractivity contribution in [1.29, 1.82) is 10.8 Å². The zero-order chi connectivity index (χ0) is 58.4. The van der Waals surface area contributed by atoms with Gasteiger partial charge in [0.25, 0.3) is 0 Å². The number of aromatic nitrogens is 1. The number of nitrogens with one attached hydrogen (secondary N) is 5. The zero-order valence-corrected chi connectivity index (χ0v) is 44.3. The van der Waals surface area contributed by atoms with Crippen LogP contribution in [0.5, 0.6) is 0 Å². The molecule has 0 spiro atoms. The summed E-state index contributed by atoms with van der Waals surface area (Å²) in [5.41, 5.74) is -3.94. The Balaban J connectivity index is 1.31. The molecule has 3 fully saturated rings. The van der Waals surface area contributed by atoms with Crippen LogP contribution in [0.25, 0.3) is 0 Å². The second-order valence-corrected chi connectivity index (χ2v) is 20.8. The highest BCUT2D eigenvalue weighted by Gasteiger charge is 2.57. The van der Waals surface area contributed by atoms with E-state index in [9.17, 15) is 50.6 Å². The van der Waals surface area contributed by atoms with Crippen molar-refractivity contribution in [3.05, 3.63) is 94.2 Å². The molecule has 6 rings (SSSR count). The standard InChI is InChI=1S/C53H63F8N9O9/c1-29(62)79-46(63)33-19-39(54)37(40(55)20-33)25-69(67-47(73)38(21-44(72)76-6)50(2,3)52(56,57)58)26-42(71)41(65-48(74)45(66-49(75)77-7)51(4,5)53(59,60)61)18-31-11-8-30(9-12-31)10-13-32-14-17-43(64-22-32)68-23-34-15-16-35(24-68)70(34)36-27-78-28-36/h8-9,11-12,14,17,19-20,22,34-36,38,41-42,45,62-63,71H,15-16,18,21,23-28H2,1-7H3,(H,65,74)(H,66,75)(H,67,73)/t34?,35?,38-,41+,42+,45-/m1/s1. The topological polar surface area (TPSA) is 232 Å². The van der Waals surface area contributed by atoms with Crippen molar-refractivity contribution in [3.63, 3.8) is 0 Å². The number of halogens is 8. The molecule has 3 amide bonds. The lowest BCUT2D eigenvalue weighted by atomic mass is 9.75. The van der Waals surface area contributed by atoms with Crippen molar-refractivity contribution < 1.29 is 78.4 Å². The Morgan fingerprint density at radius 3 is 1.92 bits per heavy atom. The van der Waals surface area contributed by atoms with Crippen LogP contribution in [-0.2, 0) is 46.3 Å². The van der Waals surface area contributed by atoms with E-state index in [1.165, 1.54) is 12.1 Å². The minimum absolute atomic E-state index is 0.297. The average Bonchev–Trinajstić information content (AvgIpc) is 3.62. The maximum Gasteiger partial charge on any atom is 0.407 e. The monoisotopic (exact) mass is 1120 g/mol. The molecule has 26 heteroatoms. The number of ether oxygens (including phenoxy) is 4. The molecule has 3 aliphatic heterocycles. The van der Waals surface area contributed by atoms with Crippen LogP contribution in [-0.4, -0.2) is 151 Å². The Bertz CT molecular complexity index is 2750. The number of amides is 3. The van der Waals surface area contributed by atoms with Gasteiger partial charge >= 0.3 is 24.4 Å². The first kappa shape index (κ1) is 61.3. The van der Waals surface area contributed by atoms with Gasteiger partial charge in [-0.05, 0) is 75.1 Å². The van der Waals surface area contributed by atoms with Gasteiger partial charge in [0, 0.05) is 73.6 Å². The van der Waals surface area contributed by atoms with Crippen LogP contribution in [0.15, 0.2) is 54.7 Å². The molecule has 3 saturated heterocycles. The average molecular weight is 1120 g/mol. The van der Waals surface area contributed by atoms with Crippen molar-refractivity contribution in [2.24, 2.45) is 16.7 Å².